The van der Waals surface area contributed by atoms with Crippen LogP contribution in [0, 0.1) is 6.92 Å². The number of aromatic nitrogens is 2. The molecule has 1 heterocycles. The highest BCUT2D eigenvalue weighted by atomic mass is 16.4. The third-order valence-corrected chi connectivity index (χ3v) is 2.17. The van der Waals surface area contributed by atoms with Gasteiger partial charge in [0.2, 0.25) is 0 Å². The van der Waals surface area contributed by atoms with E-state index in [1.165, 1.54) is 22.9 Å². The maximum absolute atomic E-state index is 11.0. The number of aromatic carboxylic acids is 1. The molecule has 16 heavy (non-hydrogen) atoms. The number of hydrogen-bond donors (Lipinski definition) is 2. The Balaban J connectivity index is 2.60. The van der Waals surface area contributed by atoms with Crippen LogP contribution in [-0.4, -0.2) is 26.0 Å². The van der Waals surface area contributed by atoms with Crippen molar-refractivity contribution in [3.63, 3.8) is 0 Å². The van der Waals surface area contributed by atoms with Gasteiger partial charge in [0, 0.05) is 6.20 Å². The Bertz CT molecular complexity index is 546. The molecule has 5 nitrogen and oxygen atoms in total. The first-order valence-corrected chi connectivity index (χ1v) is 4.66. The zero-order valence-electron chi connectivity index (χ0n) is 8.58. The normalized spacial score (nSPS) is 10.3. The smallest absolute Gasteiger partial charge is 0.338 e. The molecule has 2 aromatic rings. The number of aryl methyl sites for hydroxylation is 1. The quantitative estimate of drug-likeness (QED) is 0.802. The molecule has 0 bridgehead atoms. The van der Waals surface area contributed by atoms with Crippen LogP contribution in [0.15, 0.2) is 30.6 Å². The van der Waals surface area contributed by atoms with E-state index in [0.29, 0.717) is 5.69 Å². The van der Waals surface area contributed by atoms with Gasteiger partial charge < -0.3 is 10.2 Å². The third kappa shape index (κ3) is 1.75. The van der Waals surface area contributed by atoms with Gasteiger partial charge in [-0.3, -0.25) is 0 Å². The largest absolute Gasteiger partial charge is 0.508 e. The zero-order valence-corrected chi connectivity index (χ0v) is 8.58. The van der Waals surface area contributed by atoms with Crippen molar-refractivity contribution >= 4 is 5.97 Å². The molecule has 1 aromatic carbocycles. The lowest BCUT2D eigenvalue weighted by molar-refractivity contribution is 0.0696. The first-order chi connectivity index (χ1) is 7.58. The fourth-order valence-electron chi connectivity index (χ4n) is 1.44. The molecule has 0 saturated carbocycles. The number of aromatic hydroxyl groups is 1. The highest BCUT2D eigenvalue weighted by molar-refractivity contribution is 5.92. The molecular formula is C11H10N2O3. The molecule has 0 spiro atoms. The van der Waals surface area contributed by atoms with Gasteiger partial charge in [0.15, 0.2) is 0 Å². The molecule has 0 saturated heterocycles. The number of benzene rings is 1. The lowest BCUT2D eigenvalue weighted by atomic mass is 10.1. The van der Waals surface area contributed by atoms with Gasteiger partial charge in [-0.1, -0.05) is 0 Å². The van der Waals surface area contributed by atoms with Crippen LogP contribution in [-0.2, 0) is 0 Å². The molecule has 2 N–H and O–H groups in total. The van der Waals surface area contributed by atoms with Crippen molar-refractivity contribution in [2.75, 3.05) is 0 Å². The fourth-order valence-corrected chi connectivity index (χ4v) is 1.44. The van der Waals surface area contributed by atoms with E-state index < -0.39 is 5.97 Å². The standard InChI is InChI=1S/C11H10N2O3/c1-7-5-12-13(6-7)10-3-2-8(14)4-9(10)11(15)16/h2-6,14H,1H3,(H,15,16). The predicted molar refractivity (Wildman–Crippen MR) is 56.9 cm³/mol. The molecule has 0 unspecified atom stereocenters. The molecular weight excluding hydrogens is 208 g/mol. The molecule has 0 aliphatic rings. The van der Waals surface area contributed by atoms with Gasteiger partial charge in [-0.25, -0.2) is 9.48 Å². The summed E-state index contributed by atoms with van der Waals surface area (Å²) in [5.41, 5.74) is 1.38. The molecule has 0 aliphatic heterocycles. The molecule has 0 atom stereocenters. The molecule has 82 valence electrons. The van der Waals surface area contributed by atoms with Crippen molar-refractivity contribution in [2.24, 2.45) is 0 Å². The summed E-state index contributed by atoms with van der Waals surface area (Å²) in [5, 5.41) is 22.3. The summed E-state index contributed by atoms with van der Waals surface area (Å²) < 4.78 is 1.47. The van der Waals surface area contributed by atoms with Crippen LogP contribution in [0.4, 0.5) is 0 Å². The molecule has 2 rings (SSSR count). The predicted octanol–water partition coefficient (Wildman–Crippen LogP) is 1.58. The van der Waals surface area contributed by atoms with Crippen molar-refractivity contribution in [3.8, 4) is 11.4 Å². The van der Waals surface area contributed by atoms with Gasteiger partial charge in [-0.05, 0) is 30.7 Å². The number of rotatable bonds is 2. The fraction of sp³-hybridized carbons (Fsp3) is 0.0909. The Hall–Kier alpha value is -2.30. The Kier molecular flexibility index (Phi) is 2.36. The Morgan fingerprint density at radius 3 is 2.75 bits per heavy atom. The van der Waals surface area contributed by atoms with E-state index in [0.717, 1.165) is 5.56 Å². The number of carboxylic acids is 1. The van der Waals surface area contributed by atoms with Crippen molar-refractivity contribution in [1.29, 1.82) is 0 Å². The Morgan fingerprint density at radius 2 is 2.19 bits per heavy atom. The van der Waals surface area contributed by atoms with Crippen LogP contribution in [0.3, 0.4) is 0 Å². The Morgan fingerprint density at radius 1 is 1.44 bits per heavy atom. The molecule has 0 fully saturated rings. The van der Waals surface area contributed by atoms with Crippen LogP contribution >= 0.6 is 0 Å². The van der Waals surface area contributed by atoms with Gasteiger partial charge in [-0.2, -0.15) is 5.10 Å². The van der Waals surface area contributed by atoms with Crippen LogP contribution < -0.4 is 0 Å². The number of phenolic OH excluding ortho intramolecular Hbond substituents is 1. The zero-order chi connectivity index (χ0) is 11.7. The first kappa shape index (κ1) is 10.2. The summed E-state index contributed by atoms with van der Waals surface area (Å²) in [4.78, 5) is 11.0. The van der Waals surface area contributed by atoms with Crippen LogP contribution in [0.5, 0.6) is 5.75 Å². The summed E-state index contributed by atoms with van der Waals surface area (Å²) in [6, 6.07) is 4.15. The van der Waals surface area contributed by atoms with E-state index in [1.807, 2.05) is 6.92 Å². The first-order valence-electron chi connectivity index (χ1n) is 4.66. The lowest BCUT2D eigenvalue weighted by Crippen LogP contribution is -2.05. The van der Waals surface area contributed by atoms with Crippen LogP contribution in [0.1, 0.15) is 15.9 Å². The minimum absolute atomic E-state index is 0.0168. The number of carbonyl (C=O) groups is 1. The van der Waals surface area contributed by atoms with E-state index in [-0.39, 0.29) is 11.3 Å². The third-order valence-electron chi connectivity index (χ3n) is 2.17. The Labute approximate surface area is 91.6 Å². The number of phenols is 1. The second-order valence-electron chi connectivity index (χ2n) is 3.47. The summed E-state index contributed by atoms with van der Waals surface area (Å²) in [6.45, 7) is 1.87. The highest BCUT2D eigenvalue weighted by Gasteiger charge is 2.12. The SMILES string of the molecule is Cc1cnn(-c2ccc(O)cc2C(=O)O)c1. The maximum atomic E-state index is 11.0. The van der Waals surface area contributed by atoms with Gasteiger partial charge in [0.25, 0.3) is 0 Å². The summed E-state index contributed by atoms with van der Waals surface area (Å²) in [6.07, 6.45) is 3.36. The van der Waals surface area contributed by atoms with Gasteiger partial charge in [0.1, 0.15) is 5.75 Å². The average molecular weight is 218 g/mol. The van der Waals surface area contributed by atoms with Crippen molar-refractivity contribution in [2.45, 2.75) is 6.92 Å². The van der Waals surface area contributed by atoms with Crippen LogP contribution in [0.25, 0.3) is 5.69 Å². The summed E-state index contributed by atoms with van der Waals surface area (Å²) >= 11 is 0. The summed E-state index contributed by atoms with van der Waals surface area (Å²) in [5.74, 6) is -1.18. The summed E-state index contributed by atoms with van der Waals surface area (Å²) in [7, 11) is 0. The van der Waals surface area contributed by atoms with E-state index in [1.54, 1.807) is 12.4 Å². The number of carboxylic acid groups (broad SMARTS) is 1. The number of hydrogen-bond acceptors (Lipinski definition) is 3. The van der Waals surface area contributed by atoms with E-state index in [9.17, 15) is 9.90 Å². The maximum Gasteiger partial charge on any atom is 0.338 e. The van der Waals surface area contributed by atoms with Crippen molar-refractivity contribution in [1.82, 2.24) is 9.78 Å². The molecule has 5 heteroatoms. The van der Waals surface area contributed by atoms with E-state index >= 15 is 0 Å². The number of nitrogens with zero attached hydrogens (tertiary/aromatic N) is 2. The average Bonchev–Trinajstić information content (AvgIpc) is 2.64. The highest BCUT2D eigenvalue weighted by Crippen LogP contribution is 2.20. The minimum Gasteiger partial charge on any atom is -0.508 e. The van der Waals surface area contributed by atoms with Crippen molar-refractivity contribution in [3.05, 3.63) is 41.7 Å². The minimum atomic E-state index is -1.10. The van der Waals surface area contributed by atoms with Gasteiger partial charge in [0.05, 0.1) is 17.4 Å². The monoisotopic (exact) mass is 218 g/mol. The van der Waals surface area contributed by atoms with E-state index in [4.69, 9.17) is 5.11 Å². The van der Waals surface area contributed by atoms with Gasteiger partial charge >= 0.3 is 5.97 Å². The van der Waals surface area contributed by atoms with Gasteiger partial charge in [-0.15, -0.1) is 0 Å². The van der Waals surface area contributed by atoms with Crippen molar-refractivity contribution < 1.29 is 15.0 Å². The second kappa shape index (κ2) is 3.69. The molecule has 0 amide bonds. The molecule has 1 aromatic heterocycles. The molecule has 0 radical (unpaired) electrons. The van der Waals surface area contributed by atoms with E-state index in [2.05, 4.69) is 5.10 Å². The van der Waals surface area contributed by atoms with Crippen LogP contribution in [0.2, 0.25) is 0 Å². The molecule has 0 aliphatic carbocycles. The lowest BCUT2D eigenvalue weighted by Gasteiger charge is -2.06. The topological polar surface area (TPSA) is 75.3 Å². The second-order valence-corrected chi connectivity index (χ2v) is 3.47.